The second kappa shape index (κ2) is 14.4. The Bertz CT molecular complexity index is 3140. The topological polar surface area (TPSA) is 63.2 Å². The molecule has 0 aliphatic carbocycles. The molecule has 4 aromatic heterocycles. The van der Waals surface area contributed by atoms with Crippen LogP contribution in [0.15, 0.2) is 154 Å². The zero-order valence-corrected chi connectivity index (χ0v) is 34.8. The molecular weight excluding hydrogens is 785 g/mol. The van der Waals surface area contributed by atoms with E-state index in [1.807, 2.05) is 83.3 Å². The van der Waals surface area contributed by atoms with Crippen LogP contribution in [0.4, 0.5) is 0 Å². The zero-order chi connectivity index (χ0) is 40.5. The molecule has 0 fully saturated rings. The lowest BCUT2D eigenvalue weighted by atomic mass is 9.93. The lowest BCUT2D eigenvalue weighted by Gasteiger charge is -2.16. The Morgan fingerprint density at radius 3 is 1.03 bits per heavy atom. The van der Waals surface area contributed by atoms with Crippen LogP contribution in [0.5, 0.6) is 23.0 Å². The fourth-order valence-electron chi connectivity index (χ4n) is 8.86. The molecule has 0 unspecified atom stereocenters. The smallest absolute Gasteiger partial charge is 0.136 e. The second-order valence-corrected chi connectivity index (χ2v) is 16.6. The van der Waals surface area contributed by atoms with Crippen molar-refractivity contribution in [1.82, 2.24) is 0 Å². The van der Waals surface area contributed by atoms with Crippen LogP contribution in [-0.4, -0.2) is 28.4 Å². The lowest BCUT2D eigenvalue weighted by molar-refractivity contribution is 0.411. The van der Waals surface area contributed by atoms with Gasteiger partial charge in [-0.15, -0.1) is 22.7 Å². The van der Waals surface area contributed by atoms with Crippen molar-refractivity contribution in [3.63, 3.8) is 0 Å². The Labute approximate surface area is 352 Å². The van der Waals surface area contributed by atoms with E-state index in [0.717, 1.165) is 89.1 Å². The predicted molar refractivity (Wildman–Crippen MR) is 250 cm³/mol. The van der Waals surface area contributed by atoms with Gasteiger partial charge >= 0.3 is 0 Å². The normalized spacial score (nSPS) is 11.7. The van der Waals surface area contributed by atoms with Crippen molar-refractivity contribution in [2.75, 3.05) is 28.4 Å². The highest BCUT2D eigenvalue weighted by Crippen LogP contribution is 2.53. The third kappa shape index (κ3) is 5.45. The summed E-state index contributed by atoms with van der Waals surface area (Å²) in [5, 5.41) is 9.05. The maximum absolute atomic E-state index is 6.15. The van der Waals surface area contributed by atoms with E-state index in [9.17, 15) is 0 Å². The van der Waals surface area contributed by atoms with Gasteiger partial charge in [0.25, 0.3) is 0 Å². The molecule has 0 bridgehead atoms. The highest BCUT2D eigenvalue weighted by molar-refractivity contribution is 7.26. The van der Waals surface area contributed by atoms with E-state index in [4.69, 9.17) is 27.8 Å². The first-order chi connectivity index (χ1) is 29.6. The standard InChI is InChI=1S/C26H18O4.C26H18O2S2/c1-27-19-11-13-21-23(15-7-3-5-9-17(15)29-21)25(19)26-20(28-2)12-14-22-24(26)16-8-4-6-10-18(16)30-22;1-27-17-11-13-21-23(15-7-3-5-9-19(15)29-21)25(17)26-18(28-2)12-14-22-24(26)16-8-4-6-10-20(16)30-22/h2*3-14H,1-2H3. The Hall–Kier alpha value is -7.00. The number of furan rings is 2. The molecule has 0 saturated heterocycles. The largest absolute Gasteiger partial charge is 0.496 e. The van der Waals surface area contributed by atoms with Crippen LogP contribution in [-0.2, 0) is 0 Å². The molecule has 12 aromatic rings. The molecule has 8 heteroatoms. The molecule has 0 radical (unpaired) electrons. The summed E-state index contributed by atoms with van der Waals surface area (Å²) in [5.41, 5.74) is 7.38. The van der Waals surface area contributed by atoms with Gasteiger partial charge in [-0.1, -0.05) is 72.8 Å². The van der Waals surface area contributed by atoms with Gasteiger partial charge in [-0.05, 0) is 72.8 Å². The number of hydrogen-bond donors (Lipinski definition) is 0. The molecule has 0 aliphatic rings. The van der Waals surface area contributed by atoms with Crippen LogP contribution in [0.2, 0.25) is 0 Å². The van der Waals surface area contributed by atoms with Gasteiger partial charge in [0, 0.05) is 84.1 Å². The number of rotatable bonds is 6. The summed E-state index contributed by atoms with van der Waals surface area (Å²) in [6, 6.07) is 49.6. The van der Waals surface area contributed by atoms with Gasteiger partial charge in [0.05, 0.1) is 28.4 Å². The maximum atomic E-state index is 6.15. The van der Waals surface area contributed by atoms with Gasteiger partial charge in [0.1, 0.15) is 45.3 Å². The van der Waals surface area contributed by atoms with Crippen LogP contribution < -0.4 is 18.9 Å². The molecule has 0 spiro atoms. The van der Waals surface area contributed by atoms with Crippen LogP contribution in [0.3, 0.4) is 0 Å². The van der Waals surface area contributed by atoms with Crippen molar-refractivity contribution in [3.8, 4) is 45.3 Å². The third-order valence-corrected chi connectivity index (χ3v) is 13.7. The number of para-hydroxylation sites is 2. The molecule has 8 aromatic carbocycles. The van der Waals surface area contributed by atoms with Crippen molar-refractivity contribution in [2.24, 2.45) is 0 Å². The molecule has 12 rings (SSSR count). The third-order valence-electron chi connectivity index (χ3n) is 11.4. The van der Waals surface area contributed by atoms with Gasteiger partial charge in [-0.2, -0.15) is 0 Å². The minimum Gasteiger partial charge on any atom is -0.496 e. The molecule has 0 atom stereocenters. The summed E-state index contributed by atoms with van der Waals surface area (Å²) >= 11 is 3.64. The number of benzene rings is 8. The lowest BCUT2D eigenvalue weighted by Crippen LogP contribution is -1.93. The van der Waals surface area contributed by atoms with Crippen LogP contribution in [0, 0.1) is 0 Å². The van der Waals surface area contributed by atoms with E-state index in [1.165, 1.54) is 40.3 Å². The van der Waals surface area contributed by atoms with E-state index >= 15 is 0 Å². The van der Waals surface area contributed by atoms with E-state index in [0.29, 0.717) is 0 Å². The Balaban J connectivity index is 0.000000136. The van der Waals surface area contributed by atoms with Crippen molar-refractivity contribution in [2.45, 2.75) is 0 Å². The van der Waals surface area contributed by atoms with Crippen molar-refractivity contribution in [1.29, 1.82) is 0 Å². The molecule has 4 heterocycles. The highest BCUT2D eigenvalue weighted by atomic mass is 32.1. The fraction of sp³-hybridized carbons (Fsp3) is 0.0769. The molecule has 0 amide bonds. The summed E-state index contributed by atoms with van der Waals surface area (Å²) in [6.07, 6.45) is 0. The number of methoxy groups -OCH3 is 4. The van der Waals surface area contributed by atoms with Gasteiger partial charge in [-0.3, -0.25) is 0 Å². The van der Waals surface area contributed by atoms with Gasteiger partial charge < -0.3 is 27.8 Å². The molecular formula is C52H36O6S2. The summed E-state index contributed by atoms with van der Waals surface area (Å²) in [7, 11) is 6.87. The first-order valence-corrected chi connectivity index (χ1v) is 21.2. The first kappa shape index (κ1) is 36.1. The second-order valence-electron chi connectivity index (χ2n) is 14.5. The number of fused-ring (bicyclic) bond motifs is 12. The predicted octanol–water partition coefficient (Wildman–Crippen LogP) is 15.3. The molecule has 0 saturated carbocycles. The summed E-state index contributed by atoms with van der Waals surface area (Å²) < 4.78 is 40.9. The number of ether oxygens (including phenoxy) is 4. The minimum atomic E-state index is 0.755. The molecule has 0 aliphatic heterocycles. The van der Waals surface area contributed by atoms with Gasteiger partial charge in [0.15, 0.2) is 0 Å². The van der Waals surface area contributed by atoms with Crippen molar-refractivity contribution in [3.05, 3.63) is 146 Å². The SMILES string of the molecule is COc1ccc2oc3ccccc3c2c1-c1c(OC)ccc2oc3ccccc3c12.COc1ccc2sc3ccccc3c2c1-c1c(OC)ccc2sc3ccccc3c12. The van der Waals surface area contributed by atoms with E-state index in [1.54, 1.807) is 28.4 Å². The Morgan fingerprint density at radius 2 is 0.633 bits per heavy atom. The fourth-order valence-corrected chi connectivity index (χ4v) is 11.1. The molecule has 60 heavy (non-hydrogen) atoms. The number of thiophene rings is 2. The molecule has 6 nitrogen and oxygen atoms in total. The van der Waals surface area contributed by atoms with E-state index in [2.05, 4.69) is 84.9 Å². The van der Waals surface area contributed by atoms with Crippen LogP contribution >= 0.6 is 22.7 Å². The maximum Gasteiger partial charge on any atom is 0.136 e. The Morgan fingerprint density at radius 1 is 0.300 bits per heavy atom. The minimum absolute atomic E-state index is 0.755. The molecule has 0 N–H and O–H groups in total. The van der Waals surface area contributed by atoms with Crippen molar-refractivity contribution >= 4 is 107 Å². The van der Waals surface area contributed by atoms with Crippen LogP contribution in [0.1, 0.15) is 0 Å². The average molecular weight is 821 g/mol. The van der Waals surface area contributed by atoms with Gasteiger partial charge in [0.2, 0.25) is 0 Å². The van der Waals surface area contributed by atoms with E-state index in [-0.39, 0.29) is 0 Å². The quantitative estimate of drug-likeness (QED) is 0.166. The zero-order valence-electron chi connectivity index (χ0n) is 33.1. The summed E-state index contributed by atoms with van der Waals surface area (Å²) in [6.45, 7) is 0. The number of hydrogen-bond acceptors (Lipinski definition) is 8. The van der Waals surface area contributed by atoms with E-state index < -0.39 is 0 Å². The Kier molecular flexibility index (Phi) is 8.65. The summed E-state index contributed by atoms with van der Waals surface area (Å²) in [5.74, 6) is 3.24. The first-order valence-electron chi connectivity index (χ1n) is 19.5. The highest BCUT2D eigenvalue weighted by Gasteiger charge is 2.26. The monoisotopic (exact) mass is 820 g/mol. The van der Waals surface area contributed by atoms with Gasteiger partial charge in [-0.25, -0.2) is 0 Å². The molecule has 292 valence electrons. The summed E-state index contributed by atoms with van der Waals surface area (Å²) in [4.78, 5) is 0. The van der Waals surface area contributed by atoms with Crippen LogP contribution in [0.25, 0.3) is 106 Å². The average Bonchev–Trinajstić information content (AvgIpc) is 4.08. The van der Waals surface area contributed by atoms with Crippen molar-refractivity contribution < 1.29 is 27.8 Å².